The number of imidazole rings is 1. The number of aromatic nitrogens is 4. The quantitative estimate of drug-likeness (QED) is 0.129. The van der Waals surface area contributed by atoms with Crippen molar-refractivity contribution in [3.8, 4) is 5.82 Å². The number of benzene rings is 7. The van der Waals surface area contributed by atoms with Gasteiger partial charge in [-0.2, -0.15) is 0 Å². The first-order valence-corrected chi connectivity index (χ1v) is 22.3. The van der Waals surface area contributed by atoms with Crippen molar-refractivity contribution >= 4 is 89.7 Å². The van der Waals surface area contributed by atoms with Crippen molar-refractivity contribution in [1.29, 1.82) is 0 Å². The van der Waals surface area contributed by atoms with Crippen molar-refractivity contribution in [3.05, 3.63) is 206 Å². The van der Waals surface area contributed by atoms with Crippen LogP contribution < -0.4 is 20.7 Å². The predicted molar refractivity (Wildman–Crippen MR) is 239 cm³/mol. The molecule has 0 radical (unpaired) electrons. The van der Waals surface area contributed by atoms with Crippen LogP contribution in [0.15, 0.2) is 204 Å². The first kappa shape index (κ1) is 33.3. The summed E-state index contributed by atoms with van der Waals surface area (Å²) < 4.78 is 21.5. The minimum atomic E-state index is -2.79. The van der Waals surface area contributed by atoms with Crippen LogP contribution >= 0.6 is 11.8 Å². The fourth-order valence-electron chi connectivity index (χ4n) is 9.61. The van der Waals surface area contributed by atoms with E-state index in [4.69, 9.17) is 9.97 Å². The molecule has 1 atom stereocenters. The van der Waals surface area contributed by atoms with Gasteiger partial charge in [0.05, 0.1) is 16.6 Å². The average molecular weight is 781 g/mol. The Morgan fingerprint density at radius 1 is 0.517 bits per heavy atom. The normalized spacial score (nSPS) is 13.9. The van der Waals surface area contributed by atoms with E-state index in [1.165, 1.54) is 35.9 Å². The Bertz CT molecular complexity index is 3360. The summed E-state index contributed by atoms with van der Waals surface area (Å²) in [7, 11) is -2.79. The number of pyridine rings is 2. The van der Waals surface area contributed by atoms with Crippen LogP contribution in [0.3, 0.4) is 0 Å². The SMILES string of the molecule is FC(c1ccc2c3ccccc3n3ccnc3c2c1)c1ccc2c3c4c(ccc3n(-c3ccccn3)c2c1)[Si](c1ccccc1)(c1ccccc1)c1ccccc1S4. The maximum Gasteiger partial charge on any atom is 0.181 e. The highest BCUT2D eigenvalue weighted by atomic mass is 32.2. The number of nitrogens with zero attached hydrogens (tertiary/aromatic N) is 4. The number of rotatable bonds is 5. The fourth-order valence-corrected chi connectivity index (χ4v) is 16.7. The Kier molecular flexibility index (Phi) is 7.39. The molecule has 0 amide bonds. The van der Waals surface area contributed by atoms with E-state index in [9.17, 15) is 0 Å². The smallest absolute Gasteiger partial charge is 0.181 e. The lowest BCUT2D eigenvalue weighted by Gasteiger charge is -2.40. The average Bonchev–Trinajstić information content (AvgIpc) is 3.93. The highest BCUT2D eigenvalue weighted by Gasteiger charge is 2.47. The van der Waals surface area contributed by atoms with Gasteiger partial charge < -0.3 is 0 Å². The highest BCUT2D eigenvalue weighted by molar-refractivity contribution is 8.00. The Morgan fingerprint density at radius 2 is 1.22 bits per heavy atom. The molecule has 0 bridgehead atoms. The molecule has 7 heteroatoms. The van der Waals surface area contributed by atoms with E-state index in [1.54, 1.807) is 0 Å². The first-order chi connectivity index (χ1) is 28.7. The second-order valence-corrected chi connectivity index (χ2v) is 19.8. The van der Waals surface area contributed by atoms with Gasteiger partial charge in [0.1, 0.15) is 11.5 Å². The predicted octanol–water partition coefficient (Wildman–Crippen LogP) is 10.0. The van der Waals surface area contributed by atoms with E-state index in [-0.39, 0.29) is 0 Å². The molecule has 0 saturated carbocycles. The van der Waals surface area contributed by atoms with Gasteiger partial charge in [-0.15, -0.1) is 0 Å². The third kappa shape index (κ3) is 4.68. The summed E-state index contributed by atoms with van der Waals surface area (Å²) >= 11 is 1.86. The van der Waals surface area contributed by atoms with Crippen molar-refractivity contribution in [1.82, 2.24) is 18.9 Å². The molecule has 274 valence electrons. The Balaban J connectivity index is 1.11. The van der Waals surface area contributed by atoms with Crippen LogP contribution in [0, 0.1) is 0 Å². The topological polar surface area (TPSA) is 35.1 Å². The zero-order chi connectivity index (χ0) is 38.4. The molecule has 0 aliphatic carbocycles. The Labute approximate surface area is 338 Å². The third-order valence-corrected chi connectivity index (χ3v) is 18.5. The van der Waals surface area contributed by atoms with Crippen LogP contribution in [0.2, 0.25) is 0 Å². The molecular weight excluding hydrogens is 748 g/mol. The van der Waals surface area contributed by atoms with Crippen molar-refractivity contribution in [2.75, 3.05) is 0 Å². The lowest BCUT2D eigenvalue weighted by molar-refractivity contribution is 0.402. The Morgan fingerprint density at radius 3 is 2.02 bits per heavy atom. The minimum absolute atomic E-state index is 0.594. The van der Waals surface area contributed by atoms with Gasteiger partial charge >= 0.3 is 0 Å². The molecule has 4 aromatic heterocycles. The number of halogens is 1. The lowest BCUT2D eigenvalue weighted by Crippen LogP contribution is -2.76. The fraction of sp³-hybridized carbons (Fsp3) is 0.0196. The molecule has 1 aliphatic rings. The molecule has 1 unspecified atom stereocenters. The minimum Gasteiger partial charge on any atom is -0.299 e. The van der Waals surface area contributed by atoms with Crippen LogP contribution in [0.25, 0.3) is 54.9 Å². The van der Waals surface area contributed by atoms with Crippen LogP contribution in [0.5, 0.6) is 0 Å². The summed E-state index contributed by atoms with van der Waals surface area (Å²) in [5.74, 6) is 0.796. The number of hydrogen-bond donors (Lipinski definition) is 0. The van der Waals surface area contributed by atoms with E-state index in [1.807, 2.05) is 84.9 Å². The van der Waals surface area contributed by atoms with E-state index < -0.39 is 14.2 Å². The summed E-state index contributed by atoms with van der Waals surface area (Å²) in [6.07, 6.45) is 4.25. The van der Waals surface area contributed by atoms with Crippen molar-refractivity contribution in [2.45, 2.75) is 16.0 Å². The van der Waals surface area contributed by atoms with Crippen LogP contribution in [0.1, 0.15) is 17.3 Å². The first-order valence-electron chi connectivity index (χ1n) is 19.5. The molecule has 0 saturated heterocycles. The summed E-state index contributed by atoms with van der Waals surface area (Å²) in [6.45, 7) is 0. The zero-order valence-corrected chi connectivity index (χ0v) is 32.9. The van der Waals surface area contributed by atoms with Gasteiger partial charge in [-0.05, 0) is 79.7 Å². The third-order valence-electron chi connectivity index (χ3n) is 12.1. The molecular formula is C51H33FN4SSi. The standard InChI is InChI=1S/C51H33FN4SSi/c52-49(33-22-24-37-38-17-7-8-18-41(38)55-30-29-54-51(55)40(37)31-33)34-23-25-39-43(32-34)56(47-21-11-12-28-53-47)42-26-27-46-50(48(39)42)57-44-19-9-10-20-45(44)58(46,35-13-3-1-4-14-35)36-15-5-2-6-16-36/h1-32,49H. The Hall–Kier alpha value is -6.80. The molecule has 0 spiro atoms. The number of hydrogen-bond acceptors (Lipinski definition) is 3. The van der Waals surface area contributed by atoms with Crippen molar-refractivity contribution in [3.63, 3.8) is 0 Å². The van der Waals surface area contributed by atoms with Gasteiger partial charge in [0.15, 0.2) is 14.2 Å². The van der Waals surface area contributed by atoms with Gasteiger partial charge in [-0.1, -0.05) is 145 Å². The van der Waals surface area contributed by atoms with Gasteiger partial charge in [0, 0.05) is 49.9 Å². The second-order valence-electron chi connectivity index (χ2n) is 15.0. The summed E-state index contributed by atoms with van der Waals surface area (Å²) in [4.78, 5) is 12.1. The molecule has 1 aliphatic heterocycles. The summed E-state index contributed by atoms with van der Waals surface area (Å²) in [6, 6.07) is 62.2. The van der Waals surface area contributed by atoms with Crippen molar-refractivity contribution in [2.24, 2.45) is 0 Å². The second kappa shape index (κ2) is 12.9. The van der Waals surface area contributed by atoms with Crippen LogP contribution in [-0.2, 0) is 0 Å². The zero-order valence-electron chi connectivity index (χ0n) is 31.1. The maximum atomic E-state index is 17.2. The monoisotopic (exact) mass is 780 g/mol. The summed E-state index contributed by atoms with van der Waals surface area (Å²) in [5, 5.41) is 10.8. The van der Waals surface area contributed by atoms with E-state index in [0.717, 1.165) is 49.6 Å². The molecule has 0 N–H and O–H groups in total. The molecule has 4 nitrogen and oxygen atoms in total. The molecule has 58 heavy (non-hydrogen) atoms. The highest BCUT2D eigenvalue weighted by Crippen LogP contribution is 2.44. The lowest BCUT2D eigenvalue weighted by atomic mass is 9.97. The molecule has 12 rings (SSSR count). The number of para-hydroxylation sites is 1. The maximum absolute atomic E-state index is 17.2. The van der Waals surface area contributed by atoms with E-state index >= 15 is 4.39 Å². The van der Waals surface area contributed by atoms with Crippen molar-refractivity contribution < 1.29 is 4.39 Å². The van der Waals surface area contributed by atoms with Crippen LogP contribution in [0.4, 0.5) is 4.39 Å². The largest absolute Gasteiger partial charge is 0.299 e. The van der Waals surface area contributed by atoms with Gasteiger partial charge in [-0.3, -0.25) is 8.97 Å². The van der Waals surface area contributed by atoms with Gasteiger partial charge in [0.25, 0.3) is 0 Å². The molecule has 11 aromatic rings. The van der Waals surface area contributed by atoms with E-state index in [0.29, 0.717) is 11.1 Å². The van der Waals surface area contributed by atoms with Gasteiger partial charge in [0.2, 0.25) is 0 Å². The summed E-state index contributed by atoms with van der Waals surface area (Å²) in [5.41, 5.74) is 5.07. The molecule has 5 heterocycles. The number of alkyl halides is 1. The van der Waals surface area contributed by atoms with Gasteiger partial charge in [-0.25, -0.2) is 14.4 Å². The molecule has 7 aromatic carbocycles. The number of fused-ring (bicyclic) bond motifs is 12. The van der Waals surface area contributed by atoms with Crippen LogP contribution in [-0.4, -0.2) is 27.0 Å². The molecule has 0 fully saturated rings. The van der Waals surface area contributed by atoms with E-state index in [2.05, 4.69) is 130 Å².